The number of carbonyl (C=O) groups is 1. The van der Waals surface area contributed by atoms with Gasteiger partial charge in [0.25, 0.3) is 5.91 Å². The molecule has 1 atom stereocenters. The highest BCUT2D eigenvalue weighted by molar-refractivity contribution is 6.30. The van der Waals surface area contributed by atoms with E-state index in [9.17, 15) is 9.90 Å². The first-order valence-corrected chi connectivity index (χ1v) is 11.2. The van der Waals surface area contributed by atoms with Crippen LogP contribution in [0.15, 0.2) is 72.5 Å². The Labute approximate surface area is 203 Å². The largest absolute Gasteiger partial charge is 0.503 e. The summed E-state index contributed by atoms with van der Waals surface area (Å²) in [6.07, 6.45) is 0.569. The van der Waals surface area contributed by atoms with E-state index in [1.807, 2.05) is 54.6 Å². The SMILES string of the molecule is COc1ccc(C2=C(O)C(=O)N(CCc3ccc(OC)c(OC)c3)[C@@H]2c2ccc(Cl)cc2)cc1. The Morgan fingerprint density at radius 2 is 1.56 bits per heavy atom. The van der Waals surface area contributed by atoms with E-state index in [-0.39, 0.29) is 5.76 Å². The number of aliphatic hydroxyl groups is 1. The van der Waals surface area contributed by atoms with Gasteiger partial charge in [-0.1, -0.05) is 41.9 Å². The Morgan fingerprint density at radius 1 is 0.882 bits per heavy atom. The second-order valence-corrected chi connectivity index (χ2v) is 8.32. The highest BCUT2D eigenvalue weighted by atomic mass is 35.5. The van der Waals surface area contributed by atoms with E-state index >= 15 is 0 Å². The van der Waals surface area contributed by atoms with Gasteiger partial charge in [0.05, 0.1) is 27.4 Å². The number of amides is 1. The Hall–Kier alpha value is -3.64. The molecule has 1 aliphatic heterocycles. The van der Waals surface area contributed by atoms with Gasteiger partial charge in [0.15, 0.2) is 17.3 Å². The van der Waals surface area contributed by atoms with Crippen molar-refractivity contribution in [3.63, 3.8) is 0 Å². The summed E-state index contributed by atoms with van der Waals surface area (Å²) >= 11 is 6.12. The van der Waals surface area contributed by atoms with Gasteiger partial charge in [0.1, 0.15) is 5.75 Å². The van der Waals surface area contributed by atoms with Crippen LogP contribution >= 0.6 is 11.6 Å². The zero-order valence-corrected chi connectivity index (χ0v) is 20.0. The van der Waals surface area contributed by atoms with Crippen LogP contribution in [0.4, 0.5) is 0 Å². The topological polar surface area (TPSA) is 68.2 Å². The van der Waals surface area contributed by atoms with Gasteiger partial charge in [-0.3, -0.25) is 4.79 Å². The fourth-order valence-electron chi connectivity index (χ4n) is 4.23. The Bertz CT molecular complexity index is 1200. The van der Waals surface area contributed by atoms with Gasteiger partial charge in [0.2, 0.25) is 0 Å². The van der Waals surface area contributed by atoms with E-state index in [4.69, 9.17) is 25.8 Å². The van der Waals surface area contributed by atoms with Gasteiger partial charge >= 0.3 is 0 Å². The molecule has 1 aliphatic rings. The quantitative estimate of drug-likeness (QED) is 0.464. The summed E-state index contributed by atoms with van der Waals surface area (Å²) in [5, 5.41) is 11.5. The van der Waals surface area contributed by atoms with Crippen molar-refractivity contribution in [2.75, 3.05) is 27.9 Å². The lowest BCUT2D eigenvalue weighted by atomic mass is 9.93. The first-order chi connectivity index (χ1) is 16.5. The molecule has 1 amide bonds. The number of hydrogen-bond donors (Lipinski definition) is 1. The minimum absolute atomic E-state index is 0.252. The predicted molar refractivity (Wildman–Crippen MR) is 132 cm³/mol. The van der Waals surface area contributed by atoms with Crippen molar-refractivity contribution in [3.8, 4) is 17.2 Å². The number of hydrogen-bond acceptors (Lipinski definition) is 5. The average molecular weight is 480 g/mol. The minimum atomic E-state index is -0.460. The first kappa shape index (κ1) is 23.5. The van der Waals surface area contributed by atoms with E-state index in [1.165, 1.54) is 0 Å². The molecule has 3 aromatic rings. The number of rotatable bonds is 8. The third kappa shape index (κ3) is 4.54. The van der Waals surface area contributed by atoms with Crippen LogP contribution in [-0.4, -0.2) is 43.8 Å². The summed E-state index contributed by atoms with van der Waals surface area (Å²) in [5.74, 6) is 1.30. The van der Waals surface area contributed by atoms with Crippen LogP contribution in [0.5, 0.6) is 17.2 Å². The molecule has 0 bridgehead atoms. The number of nitrogens with zero attached hydrogens (tertiary/aromatic N) is 1. The van der Waals surface area contributed by atoms with Gasteiger partial charge < -0.3 is 24.2 Å². The fourth-order valence-corrected chi connectivity index (χ4v) is 4.35. The van der Waals surface area contributed by atoms with Crippen LogP contribution in [0, 0.1) is 0 Å². The third-order valence-corrected chi connectivity index (χ3v) is 6.23. The molecule has 7 heteroatoms. The molecule has 0 aliphatic carbocycles. The van der Waals surface area contributed by atoms with Crippen LogP contribution < -0.4 is 14.2 Å². The highest BCUT2D eigenvalue weighted by Crippen LogP contribution is 2.43. The van der Waals surface area contributed by atoms with Gasteiger partial charge in [-0.05, 0) is 59.5 Å². The summed E-state index contributed by atoms with van der Waals surface area (Å²) < 4.78 is 16.0. The number of methoxy groups -OCH3 is 3. The molecule has 0 radical (unpaired) electrons. The van der Waals surface area contributed by atoms with E-state index in [0.29, 0.717) is 40.8 Å². The number of carbonyl (C=O) groups excluding carboxylic acids is 1. The molecule has 0 fully saturated rings. The van der Waals surface area contributed by atoms with Crippen LogP contribution in [-0.2, 0) is 11.2 Å². The zero-order valence-electron chi connectivity index (χ0n) is 19.2. The van der Waals surface area contributed by atoms with Gasteiger partial charge in [-0.25, -0.2) is 0 Å². The minimum Gasteiger partial charge on any atom is -0.503 e. The zero-order chi connectivity index (χ0) is 24.2. The van der Waals surface area contributed by atoms with Crippen molar-refractivity contribution in [1.29, 1.82) is 0 Å². The van der Waals surface area contributed by atoms with Crippen LogP contribution in [0.2, 0.25) is 5.02 Å². The Balaban J connectivity index is 1.68. The predicted octanol–water partition coefficient (Wildman–Crippen LogP) is 5.46. The van der Waals surface area contributed by atoms with Crippen molar-refractivity contribution >= 4 is 23.1 Å². The molecule has 1 heterocycles. The van der Waals surface area contributed by atoms with Crippen molar-refractivity contribution in [2.24, 2.45) is 0 Å². The molecule has 176 valence electrons. The molecule has 4 rings (SSSR count). The molecule has 0 aromatic heterocycles. The van der Waals surface area contributed by atoms with Crippen molar-refractivity contribution in [2.45, 2.75) is 12.5 Å². The monoisotopic (exact) mass is 479 g/mol. The normalized spacial score (nSPS) is 15.6. The molecule has 1 N–H and O–H groups in total. The van der Waals surface area contributed by atoms with Crippen LogP contribution in [0.25, 0.3) is 5.57 Å². The molecule has 0 saturated carbocycles. The molecular formula is C27H26ClNO5. The number of halogens is 1. The summed E-state index contributed by atoms with van der Waals surface area (Å²) in [7, 11) is 4.77. The van der Waals surface area contributed by atoms with Crippen molar-refractivity contribution in [3.05, 3.63) is 94.2 Å². The number of aliphatic hydroxyl groups excluding tert-OH is 1. The maximum Gasteiger partial charge on any atom is 0.289 e. The summed E-state index contributed by atoms with van der Waals surface area (Å²) in [5.41, 5.74) is 3.15. The van der Waals surface area contributed by atoms with Gasteiger partial charge in [0, 0.05) is 17.1 Å². The molecule has 34 heavy (non-hydrogen) atoms. The first-order valence-electron chi connectivity index (χ1n) is 10.8. The van der Waals surface area contributed by atoms with Crippen molar-refractivity contribution in [1.82, 2.24) is 4.90 Å². The molecule has 6 nitrogen and oxygen atoms in total. The van der Waals surface area contributed by atoms with Crippen LogP contribution in [0.1, 0.15) is 22.7 Å². The lowest BCUT2D eigenvalue weighted by Crippen LogP contribution is -2.32. The standard InChI is InChI=1S/C27H26ClNO5/c1-32-21-11-7-18(8-12-21)24-25(19-5-9-20(28)10-6-19)29(27(31)26(24)30)15-14-17-4-13-22(33-2)23(16-17)34-3/h4-13,16,25,30H,14-15H2,1-3H3/t25-/m1/s1. The lowest BCUT2D eigenvalue weighted by Gasteiger charge is -2.27. The Morgan fingerprint density at radius 3 is 2.18 bits per heavy atom. The maximum atomic E-state index is 13.2. The lowest BCUT2D eigenvalue weighted by molar-refractivity contribution is -0.129. The Kier molecular flexibility index (Phi) is 6.98. The van der Waals surface area contributed by atoms with Crippen molar-refractivity contribution < 1.29 is 24.1 Å². The van der Waals surface area contributed by atoms with Gasteiger partial charge in [-0.15, -0.1) is 0 Å². The molecular weight excluding hydrogens is 454 g/mol. The maximum absolute atomic E-state index is 13.2. The number of ether oxygens (including phenoxy) is 3. The second kappa shape index (κ2) is 10.1. The summed E-state index contributed by atoms with van der Waals surface area (Å²) in [6.45, 7) is 0.394. The highest BCUT2D eigenvalue weighted by Gasteiger charge is 2.40. The van der Waals surface area contributed by atoms with E-state index in [2.05, 4.69) is 0 Å². The molecule has 3 aromatic carbocycles. The van der Waals surface area contributed by atoms with Crippen LogP contribution in [0.3, 0.4) is 0 Å². The second-order valence-electron chi connectivity index (χ2n) is 7.88. The van der Waals surface area contributed by atoms with E-state index in [1.54, 1.807) is 38.4 Å². The molecule has 0 saturated heterocycles. The fraction of sp³-hybridized carbons (Fsp3) is 0.222. The van der Waals surface area contributed by atoms with E-state index < -0.39 is 11.9 Å². The number of benzene rings is 3. The summed E-state index contributed by atoms with van der Waals surface area (Å²) in [6, 6.07) is 19.9. The van der Waals surface area contributed by atoms with Gasteiger partial charge in [-0.2, -0.15) is 0 Å². The summed E-state index contributed by atoms with van der Waals surface area (Å²) in [4.78, 5) is 14.9. The average Bonchev–Trinajstić information content (AvgIpc) is 3.12. The third-order valence-electron chi connectivity index (χ3n) is 5.98. The van der Waals surface area contributed by atoms with E-state index in [0.717, 1.165) is 16.7 Å². The molecule has 0 spiro atoms. The smallest absolute Gasteiger partial charge is 0.289 e. The molecule has 0 unspecified atom stereocenters.